The fourth-order valence-corrected chi connectivity index (χ4v) is 6.97. The van der Waals surface area contributed by atoms with Gasteiger partial charge in [-0.2, -0.15) is 4.31 Å². The molecule has 5 nitrogen and oxygen atoms in total. The van der Waals surface area contributed by atoms with Crippen molar-refractivity contribution in [1.82, 2.24) is 9.21 Å². The quantitative estimate of drug-likeness (QED) is 0.691. The fourth-order valence-electron chi connectivity index (χ4n) is 3.45. The van der Waals surface area contributed by atoms with Gasteiger partial charge in [-0.15, -0.1) is 23.1 Å². The second kappa shape index (κ2) is 8.34. The van der Waals surface area contributed by atoms with Crippen LogP contribution in [0.5, 0.6) is 0 Å². The van der Waals surface area contributed by atoms with Gasteiger partial charge in [0, 0.05) is 26.2 Å². The molecule has 8 heteroatoms. The Bertz CT molecular complexity index is 893. The first-order valence-electron chi connectivity index (χ1n) is 8.81. The molecule has 0 saturated carbocycles. The summed E-state index contributed by atoms with van der Waals surface area (Å²) in [6.45, 7) is 7.20. The third-order valence-corrected chi connectivity index (χ3v) is 8.95. The van der Waals surface area contributed by atoms with Crippen molar-refractivity contribution in [3.8, 4) is 0 Å². The van der Waals surface area contributed by atoms with E-state index in [1.165, 1.54) is 16.1 Å². The molecular weight excluding hydrogens is 400 g/mol. The van der Waals surface area contributed by atoms with E-state index in [1.807, 2.05) is 50.4 Å². The largest absolute Gasteiger partial charge is 0.339 e. The molecule has 1 aromatic carbocycles. The highest BCUT2D eigenvalue weighted by molar-refractivity contribution is 8.01. The van der Waals surface area contributed by atoms with Crippen molar-refractivity contribution < 1.29 is 13.2 Å². The van der Waals surface area contributed by atoms with Gasteiger partial charge in [-0.05, 0) is 43.3 Å². The molecule has 1 aliphatic rings. The molecule has 0 atom stereocenters. The van der Waals surface area contributed by atoms with Crippen molar-refractivity contribution in [3.05, 3.63) is 46.3 Å². The van der Waals surface area contributed by atoms with Crippen molar-refractivity contribution in [1.29, 1.82) is 0 Å². The fraction of sp³-hybridized carbons (Fsp3) is 0.421. The number of nitrogens with zero attached hydrogens (tertiary/aromatic N) is 2. The molecule has 1 saturated heterocycles. The van der Waals surface area contributed by atoms with E-state index >= 15 is 0 Å². The number of benzene rings is 1. The van der Waals surface area contributed by atoms with Crippen LogP contribution in [0.2, 0.25) is 0 Å². The van der Waals surface area contributed by atoms with Gasteiger partial charge in [0.2, 0.25) is 15.9 Å². The second-order valence-electron chi connectivity index (χ2n) is 6.73. The van der Waals surface area contributed by atoms with Crippen LogP contribution in [0.25, 0.3) is 0 Å². The van der Waals surface area contributed by atoms with Gasteiger partial charge in [-0.25, -0.2) is 8.42 Å². The van der Waals surface area contributed by atoms with E-state index < -0.39 is 10.0 Å². The van der Waals surface area contributed by atoms with Gasteiger partial charge in [-0.3, -0.25) is 4.79 Å². The van der Waals surface area contributed by atoms with E-state index in [-0.39, 0.29) is 5.91 Å². The highest BCUT2D eigenvalue weighted by Crippen LogP contribution is 2.27. The molecule has 0 N–H and O–H groups in total. The zero-order chi connectivity index (χ0) is 19.6. The zero-order valence-corrected chi connectivity index (χ0v) is 18.2. The maximum Gasteiger partial charge on any atom is 0.243 e. The number of rotatable bonds is 5. The van der Waals surface area contributed by atoms with E-state index in [4.69, 9.17) is 0 Å². The number of thiophene rings is 1. The van der Waals surface area contributed by atoms with Crippen LogP contribution in [0.3, 0.4) is 0 Å². The molecular formula is C19H24N2O3S3. The van der Waals surface area contributed by atoms with Crippen LogP contribution in [-0.4, -0.2) is 55.5 Å². The van der Waals surface area contributed by atoms with Crippen LogP contribution < -0.4 is 0 Å². The van der Waals surface area contributed by atoms with E-state index in [0.29, 0.717) is 36.8 Å². The predicted molar refractivity (Wildman–Crippen MR) is 111 cm³/mol. The summed E-state index contributed by atoms with van der Waals surface area (Å²) in [6, 6.07) is 7.78. The summed E-state index contributed by atoms with van der Waals surface area (Å²) in [5.41, 5.74) is 2.61. The molecule has 1 aromatic heterocycles. The highest BCUT2D eigenvalue weighted by Gasteiger charge is 2.32. The summed E-state index contributed by atoms with van der Waals surface area (Å²) in [4.78, 5) is 14.6. The average molecular weight is 425 g/mol. The Morgan fingerprint density at radius 1 is 1.11 bits per heavy atom. The lowest BCUT2D eigenvalue weighted by Crippen LogP contribution is -2.51. The van der Waals surface area contributed by atoms with Crippen LogP contribution >= 0.6 is 23.1 Å². The highest BCUT2D eigenvalue weighted by atomic mass is 32.2. The molecule has 3 rings (SSSR count). The minimum atomic E-state index is -3.55. The Morgan fingerprint density at radius 3 is 2.30 bits per heavy atom. The number of carbonyl (C=O) groups is 1. The number of amides is 1. The van der Waals surface area contributed by atoms with Crippen LogP contribution in [0, 0.1) is 20.8 Å². The monoisotopic (exact) mass is 424 g/mol. The van der Waals surface area contributed by atoms with Gasteiger partial charge in [-0.1, -0.05) is 23.8 Å². The average Bonchev–Trinajstić information content (AvgIpc) is 3.12. The molecule has 1 fully saturated rings. The first-order valence-corrected chi connectivity index (χ1v) is 12.1. The summed E-state index contributed by atoms with van der Waals surface area (Å²) in [7, 11) is -3.55. The van der Waals surface area contributed by atoms with Gasteiger partial charge in [0.1, 0.15) is 0 Å². The number of thioether (sulfide) groups is 1. The summed E-state index contributed by atoms with van der Waals surface area (Å²) in [6.07, 6.45) is 0. The number of hydrogen-bond acceptors (Lipinski definition) is 5. The third kappa shape index (κ3) is 4.56. The lowest BCUT2D eigenvalue weighted by atomic mass is 10.1. The molecule has 1 aliphatic heterocycles. The molecule has 1 amide bonds. The van der Waals surface area contributed by atoms with Gasteiger partial charge in [0.05, 0.1) is 14.9 Å². The molecule has 2 heterocycles. The molecule has 2 aromatic rings. The lowest BCUT2D eigenvalue weighted by Gasteiger charge is -2.34. The Kier molecular flexibility index (Phi) is 6.30. The first-order chi connectivity index (χ1) is 12.8. The van der Waals surface area contributed by atoms with Gasteiger partial charge < -0.3 is 4.90 Å². The van der Waals surface area contributed by atoms with Gasteiger partial charge in [0.25, 0.3) is 0 Å². The SMILES string of the molecule is Cc1cc(C)c(S(=O)(=O)N2CCN(C(=O)CSc3cccs3)CC2)c(C)c1. The first kappa shape index (κ1) is 20.4. The van der Waals surface area contributed by atoms with Crippen molar-refractivity contribution >= 4 is 39.0 Å². The van der Waals surface area contributed by atoms with E-state index in [0.717, 1.165) is 20.9 Å². The van der Waals surface area contributed by atoms with E-state index in [9.17, 15) is 13.2 Å². The normalized spacial score (nSPS) is 15.9. The third-order valence-electron chi connectivity index (χ3n) is 4.63. The van der Waals surface area contributed by atoms with Crippen molar-refractivity contribution in [2.45, 2.75) is 29.9 Å². The predicted octanol–water partition coefficient (Wildman–Crippen LogP) is 3.30. The van der Waals surface area contributed by atoms with E-state index in [2.05, 4.69) is 0 Å². The Balaban J connectivity index is 1.64. The Hall–Kier alpha value is -1.35. The summed E-state index contributed by atoms with van der Waals surface area (Å²) < 4.78 is 28.9. The molecule has 0 radical (unpaired) electrons. The van der Waals surface area contributed by atoms with Gasteiger partial charge in [0.15, 0.2) is 0 Å². The number of carbonyl (C=O) groups excluding carboxylic acids is 1. The van der Waals surface area contributed by atoms with Crippen LogP contribution in [-0.2, 0) is 14.8 Å². The maximum atomic E-state index is 13.1. The molecule has 0 bridgehead atoms. The van der Waals surface area contributed by atoms with Crippen LogP contribution in [0.15, 0.2) is 38.8 Å². The molecule has 146 valence electrons. The molecule has 27 heavy (non-hydrogen) atoms. The van der Waals surface area contributed by atoms with Crippen LogP contribution in [0.1, 0.15) is 16.7 Å². The number of sulfonamides is 1. The van der Waals surface area contributed by atoms with Crippen molar-refractivity contribution in [3.63, 3.8) is 0 Å². The van der Waals surface area contributed by atoms with Crippen molar-refractivity contribution in [2.75, 3.05) is 31.9 Å². The minimum absolute atomic E-state index is 0.0631. The zero-order valence-electron chi connectivity index (χ0n) is 15.8. The second-order valence-corrected chi connectivity index (χ2v) is 10.8. The standard InChI is InChI=1S/C19H24N2O3S3/c1-14-11-15(2)19(16(3)12-14)27(23,24)21-8-6-20(7-9-21)17(22)13-26-18-5-4-10-25-18/h4-5,10-12H,6-9,13H2,1-3H3. The number of aryl methyl sites for hydroxylation is 3. The van der Waals surface area contributed by atoms with Crippen molar-refractivity contribution in [2.24, 2.45) is 0 Å². The number of piperazine rings is 1. The van der Waals surface area contributed by atoms with E-state index in [1.54, 1.807) is 16.2 Å². The summed E-state index contributed by atoms with van der Waals surface area (Å²) in [5.74, 6) is 0.455. The lowest BCUT2D eigenvalue weighted by molar-refractivity contribution is -0.129. The Labute approximate surface area is 169 Å². The summed E-state index contributed by atoms with van der Waals surface area (Å²) >= 11 is 3.15. The van der Waals surface area contributed by atoms with Gasteiger partial charge >= 0.3 is 0 Å². The maximum absolute atomic E-state index is 13.1. The summed E-state index contributed by atoms with van der Waals surface area (Å²) in [5, 5.41) is 1.99. The van der Waals surface area contributed by atoms with Crippen LogP contribution in [0.4, 0.5) is 0 Å². The topological polar surface area (TPSA) is 57.7 Å². The molecule has 0 unspecified atom stereocenters. The Morgan fingerprint density at radius 2 is 1.74 bits per heavy atom. The smallest absolute Gasteiger partial charge is 0.243 e. The molecule has 0 spiro atoms. The minimum Gasteiger partial charge on any atom is -0.339 e. The number of hydrogen-bond donors (Lipinski definition) is 0. The molecule has 0 aliphatic carbocycles.